The second kappa shape index (κ2) is 12.4. The summed E-state index contributed by atoms with van der Waals surface area (Å²) in [5.41, 5.74) is 1.03. The maximum Gasteiger partial charge on any atom is 0.296 e. The monoisotopic (exact) mass is 557 g/mol. The van der Waals surface area contributed by atoms with Gasteiger partial charge < -0.3 is 25.4 Å². The summed E-state index contributed by atoms with van der Waals surface area (Å²) in [6.07, 6.45) is -0.338. The number of morpholine rings is 1. The first-order chi connectivity index (χ1) is 19.3. The van der Waals surface area contributed by atoms with Crippen molar-refractivity contribution in [1.82, 2.24) is 24.8 Å². The summed E-state index contributed by atoms with van der Waals surface area (Å²) in [5, 5.41) is 16.3. The van der Waals surface area contributed by atoms with Crippen molar-refractivity contribution in [3.8, 4) is 5.82 Å². The number of aromatic nitrogens is 4. The highest BCUT2D eigenvalue weighted by atomic mass is 19.3. The van der Waals surface area contributed by atoms with Gasteiger partial charge in [-0.05, 0) is 49.7 Å². The van der Waals surface area contributed by atoms with E-state index in [9.17, 15) is 18.7 Å². The van der Waals surface area contributed by atoms with Crippen LogP contribution in [-0.4, -0.2) is 75.5 Å². The number of ether oxygens (including phenoxy) is 1. The van der Waals surface area contributed by atoms with E-state index in [1.165, 1.54) is 4.57 Å². The van der Waals surface area contributed by atoms with Crippen LogP contribution in [0.5, 0.6) is 0 Å². The minimum atomic E-state index is -2.78. The molecule has 2 aliphatic rings. The summed E-state index contributed by atoms with van der Waals surface area (Å²) >= 11 is 0. The van der Waals surface area contributed by atoms with Crippen LogP contribution < -0.4 is 15.5 Å². The standard InChI is InChI=1S/C28H37F2N7O3/c1-17(2)24(38)27(39)32-19-9-7-18(8-10-19)16-31-28-34-22(36-11-13-40-14-12-36)15-23(35-28)37-21-6-4-3-5-20(21)33-26(37)25(29)30/h3-6,15,17-19,24-25,38H,7-14,16H2,1-2H3,(H,32,39)(H,31,34,35)/t18-,19-,24?. The second-order valence-corrected chi connectivity index (χ2v) is 10.9. The zero-order chi connectivity index (χ0) is 28.2. The normalized spacial score (nSPS) is 20.7. The van der Waals surface area contributed by atoms with Gasteiger partial charge in [0.2, 0.25) is 11.9 Å². The largest absolute Gasteiger partial charge is 0.383 e. The number of aliphatic hydroxyl groups excluding tert-OH is 1. The molecule has 2 fully saturated rings. The van der Waals surface area contributed by atoms with Crippen LogP contribution in [-0.2, 0) is 9.53 Å². The van der Waals surface area contributed by atoms with Gasteiger partial charge in [0.25, 0.3) is 6.43 Å². The zero-order valence-corrected chi connectivity index (χ0v) is 22.9. The van der Waals surface area contributed by atoms with E-state index in [1.807, 2.05) is 13.8 Å². The predicted octanol–water partition coefficient (Wildman–Crippen LogP) is 3.69. The number of carbonyl (C=O) groups excluding carboxylic acids is 1. The maximum atomic E-state index is 14.1. The van der Waals surface area contributed by atoms with Crippen molar-refractivity contribution in [3.05, 3.63) is 36.2 Å². The Morgan fingerprint density at radius 3 is 2.48 bits per heavy atom. The number of aliphatic hydroxyl groups is 1. The maximum absolute atomic E-state index is 14.1. The Balaban J connectivity index is 1.33. The van der Waals surface area contributed by atoms with Crippen LogP contribution in [0, 0.1) is 11.8 Å². The number of carbonyl (C=O) groups is 1. The topological polar surface area (TPSA) is 117 Å². The highest BCUT2D eigenvalue weighted by Crippen LogP contribution is 2.30. The number of hydrogen-bond acceptors (Lipinski definition) is 8. The first-order valence-electron chi connectivity index (χ1n) is 14.0. The summed E-state index contributed by atoms with van der Waals surface area (Å²) in [5.74, 6) is 0.882. The Morgan fingerprint density at radius 2 is 1.77 bits per heavy atom. The number of rotatable bonds is 9. The van der Waals surface area contributed by atoms with Gasteiger partial charge in [-0.3, -0.25) is 9.36 Å². The van der Waals surface area contributed by atoms with Crippen molar-refractivity contribution < 1.29 is 23.4 Å². The Kier molecular flexibility index (Phi) is 8.75. The third-order valence-corrected chi connectivity index (χ3v) is 7.69. The van der Waals surface area contributed by atoms with Crippen LogP contribution in [0.2, 0.25) is 0 Å². The number of anilines is 2. The number of benzene rings is 1. The average molecular weight is 558 g/mol. The van der Waals surface area contributed by atoms with E-state index in [4.69, 9.17) is 9.72 Å². The van der Waals surface area contributed by atoms with Crippen LogP contribution in [0.1, 0.15) is 51.8 Å². The number of alkyl halides is 2. The van der Waals surface area contributed by atoms with Crippen LogP contribution in [0.25, 0.3) is 16.9 Å². The van der Waals surface area contributed by atoms with Gasteiger partial charge in [-0.25, -0.2) is 13.8 Å². The molecule has 1 amide bonds. The summed E-state index contributed by atoms with van der Waals surface area (Å²) in [6, 6.07) is 8.82. The molecule has 1 saturated heterocycles. The van der Waals surface area contributed by atoms with E-state index in [0.717, 1.165) is 25.7 Å². The molecule has 3 N–H and O–H groups in total. The Morgan fingerprint density at radius 1 is 1.07 bits per heavy atom. The molecule has 40 heavy (non-hydrogen) atoms. The third-order valence-electron chi connectivity index (χ3n) is 7.69. The minimum Gasteiger partial charge on any atom is -0.383 e. The lowest BCUT2D eigenvalue weighted by molar-refractivity contribution is -0.132. The molecule has 1 aliphatic heterocycles. The van der Waals surface area contributed by atoms with Crippen molar-refractivity contribution in [2.75, 3.05) is 43.1 Å². The lowest BCUT2D eigenvalue weighted by Crippen LogP contribution is -2.45. The fourth-order valence-electron chi connectivity index (χ4n) is 5.34. The lowest BCUT2D eigenvalue weighted by Gasteiger charge is -2.30. The Bertz CT molecular complexity index is 1300. The molecular formula is C28H37F2N7O3. The van der Waals surface area contributed by atoms with Gasteiger partial charge in [-0.1, -0.05) is 26.0 Å². The van der Waals surface area contributed by atoms with Gasteiger partial charge in [-0.2, -0.15) is 9.97 Å². The van der Waals surface area contributed by atoms with E-state index in [1.54, 1.807) is 30.3 Å². The van der Waals surface area contributed by atoms with Crippen molar-refractivity contribution >= 4 is 28.7 Å². The van der Waals surface area contributed by atoms with Gasteiger partial charge in [-0.15, -0.1) is 0 Å². The second-order valence-electron chi connectivity index (χ2n) is 10.9. The fraction of sp³-hybridized carbons (Fsp3) is 0.571. The number of fused-ring (bicyclic) bond motifs is 1. The van der Waals surface area contributed by atoms with Gasteiger partial charge in [0.15, 0.2) is 5.82 Å². The molecule has 1 aromatic carbocycles. The summed E-state index contributed by atoms with van der Waals surface area (Å²) in [7, 11) is 0. The summed E-state index contributed by atoms with van der Waals surface area (Å²) in [6.45, 7) is 6.66. The van der Waals surface area contributed by atoms with Crippen LogP contribution in [0.3, 0.4) is 0 Å². The van der Waals surface area contributed by atoms with E-state index >= 15 is 0 Å². The van der Waals surface area contributed by atoms with E-state index < -0.39 is 12.5 Å². The molecule has 0 bridgehead atoms. The minimum absolute atomic E-state index is 0.0481. The zero-order valence-electron chi connectivity index (χ0n) is 22.9. The fourth-order valence-corrected chi connectivity index (χ4v) is 5.34. The smallest absolute Gasteiger partial charge is 0.296 e. The van der Waals surface area contributed by atoms with Gasteiger partial charge in [0.1, 0.15) is 17.7 Å². The van der Waals surface area contributed by atoms with Crippen LogP contribution in [0.15, 0.2) is 30.3 Å². The van der Waals surface area contributed by atoms with E-state index in [0.29, 0.717) is 67.4 Å². The molecule has 1 saturated carbocycles. The number of hydrogen-bond donors (Lipinski definition) is 3. The van der Waals surface area contributed by atoms with Crippen molar-refractivity contribution in [3.63, 3.8) is 0 Å². The summed E-state index contributed by atoms with van der Waals surface area (Å²) < 4.78 is 35.1. The van der Waals surface area contributed by atoms with E-state index in [2.05, 4.69) is 25.5 Å². The molecule has 10 nitrogen and oxygen atoms in total. The lowest BCUT2D eigenvalue weighted by atomic mass is 9.86. The van der Waals surface area contributed by atoms with Gasteiger partial charge >= 0.3 is 0 Å². The van der Waals surface area contributed by atoms with Crippen LogP contribution in [0.4, 0.5) is 20.5 Å². The van der Waals surface area contributed by atoms with E-state index in [-0.39, 0.29) is 23.7 Å². The number of nitrogens with zero attached hydrogens (tertiary/aromatic N) is 5. The molecule has 2 aromatic heterocycles. The molecule has 1 atom stereocenters. The highest BCUT2D eigenvalue weighted by Gasteiger charge is 2.27. The molecule has 0 spiro atoms. The highest BCUT2D eigenvalue weighted by molar-refractivity contribution is 5.81. The number of para-hydroxylation sites is 2. The quantitative estimate of drug-likeness (QED) is 0.365. The number of halogens is 2. The molecule has 0 radical (unpaired) electrons. The van der Waals surface area contributed by atoms with Crippen molar-refractivity contribution in [2.24, 2.45) is 11.8 Å². The first kappa shape index (κ1) is 28.2. The molecule has 3 heterocycles. The average Bonchev–Trinajstić information content (AvgIpc) is 3.37. The van der Waals surface area contributed by atoms with Gasteiger partial charge in [0, 0.05) is 31.7 Å². The third kappa shape index (κ3) is 6.33. The number of amides is 1. The Labute approximate surface area is 232 Å². The number of nitrogens with one attached hydrogen (secondary N) is 2. The molecule has 12 heteroatoms. The molecular weight excluding hydrogens is 520 g/mol. The van der Waals surface area contributed by atoms with Gasteiger partial charge in [0.05, 0.1) is 24.2 Å². The SMILES string of the molecule is CC(C)C(O)C(=O)N[C@H]1CC[C@H](CNc2nc(N3CCOCC3)cc(-n3c(C(F)F)nc4ccccc43)n2)CC1. The molecule has 3 aromatic rings. The first-order valence-corrected chi connectivity index (χ1v) is 14.0. The molecule has 216 valence electrons. The summed E-state index contributed by atoms with van der Waals surface area (Å²) in [4.78, 5) is 27.9. The molecule has 1 unspecified atom stereocenters. The van der Waals surface area contributed by atoms with Crippen molar-refractivity contribution in [2.45, 2.75) is 58.1 Å². The van der Waals surface area contributed by atoms with Crippen LogP contribution >= 0.6 is 0 Å². The predicted molar refractivity (Wildman–Crippen MR) is 148 cm³/mol. The van der Waals surface area contributed by atoms with Crippen molar-refractivity contribution in [1.29, 1.82) is 0 Å². The Hall–Kier alpha value is -3.38. The molecule has 5 rings (SSSR count). The molecule has 1 aliphatic carbocycles. The number of imidazole rings is 1.